The average molecular weight is 219 g/mol. The lowest BCUT2D eigenvalue weighted by atomic mass is 10.2. The SMILES string of the molecule is C=CCC(C)Nc1ccc2c(c1)OCCO2. The summed E-state index contributed by atoms with van der Waals surface area (Å²) in [5, 5.41) is 3.39. The number of hydrogen-bond acceptors (Lipinski definition) is 3. The molecule has 0 spiro atoms. The highest BCUT2D eigenvalue weighted by Gasteiger charge is 2.12. The van der Waals surface area contributed by atoms with Gasteiger partial charge in [-0.25, -0.2) is 0 Å². The zero-order valence-electron chi connectivity index (χ0n) is 9.53. The molecular formula is C13H17NO2. The van der Waals surface area contributed by atoms with Gasteiger partial charge in [-0.05, 0) is 25.5 Å². The summed E-state index contributed by atoms with van der Waals surface area (Å²) >= 11 is 0. The number of nitrogens with one attached hydrogen (secondary N) is 1. The molecule has 1 aromatic rings. The third-order valence-electron chi connectivity index (χ3n) is 2.48. The number of fused-ring (bicyclic) bond motifs is 1. The van der Waals surface area contributed by atoms with Crippen molar-refractivity contribution in [2.24, 2.45) is 0 Å². The highest BCUT2D eigenvalue weighted by molar-refractivity contribution is 5.55. The van der Waals surface area contributed by atoms with Gasteiger partial charge in [-0.15, -0.1) is 6.58 Å². The molecule has 3 heteroatoms. The van der Waals surface area contributed by atoms with E-state index < -0.39 is 0 Å². The first-order chi connectivity index (χ1) is 7.79. The summed E-state index contributed by atoms with van der Waals surface area (Å²) in [4.78, 5) is 0. The van der Waals surface area contributed by atoms with Gasteiger partial charge in [-0.1, -0.05) is 6.08 Å². The molecule has 1 heterocycles. The van der Waals surface area contributed by atoms with E-state index in [1.807, 2.05) is 24.3 Å². The molecular weight excluding hydrogens is 202 g/mol. The van der Waals surface area contributed by atoms with Gasteiger partial charge in [0.05, 0.1) is 0 Å². The summed E-state index contributed by atoms with van der Waals surface area (Å²) in [6, 6.07) is 6.30. The third-order valence-corrected chi connectivity index (χ3v) is 2.48. The molecule has 1 aliphatic rings. The highest BCUT2D eigenvalue weighted by atomic mass is 16.6. The summed E-state index contributed by atoms with van der Waals surface area (Å²) in [5.41, 5.74) is 1.05. The third kappa shape index (κ3) is 2.48. The van der Waals surface area contributed by atoms with Gasteiger partial charge in [0.15, 0.2) is 11.5 Å². The molecule has 1 N–H and O–H groups in total. The van der Waals surface area contributed by atoms with E-state index in [2.05, 4.69) is 18.8 Å². The van der Waals surface area contributed by atoms with E-state index in [4.69, 9.17) is 9.47 Å². The maximum atomic E-state index is 5.52. The fraction of sp³-hybridized carbons (Fsp3) is 0.385. The normalized spacial score (nSPS) is 15.3. The van der Waals surface area contributed by atoms with Crippen LogP contribution >= 0.6 is 0 Å². The van der Waals surface area contributed by atoms with E-state index in [-0.39, 0.29) is 0 Å². The lowest BCUT2D eigenvalue weighted by Gasteiger charge is -2.20. The van der Waals surface area contributed by atoms with Crippen LogP contribution in [0.4, 0.5) is 5.69 Å². The quantitative estimate of drug-likeness (QED) is 0.790. The first-order valence-corrected chi connectivity index (χ1v) is 5.56. The maximum Gasteiger partial charge on any atom is 0.163 e. The van der Waals surface area contributed by atoms with Crippen LogP contribution in [0.2, 0.25) is 0 Å². The van der Waals surface area contributed by atoms with Gasteiger partial charge in [0.25, 0.3) is 0 Å². The van der Waals surface area contributed by atoms with Gasteiger partial charge < -0.3 is 14.8 Å². The molecule has 1 aromatic carbocycles. The fourth-order valence-corrected chi connectivity index (χ4v) is 1.73. The molecule has 1 aliphatic heterocycles. The second-order valence-corrected chi connectivity index (χ2v) is 3.93. The molecule has 0 saturated heterocycles. The minimum Gasteiger partial charge on any atom is -0.486 e. The van der Waals surface area contributed by atoms with Gasteiger partial charge in [0.1, 0.15) is 13.2 Å². The topological polar surface area (TPSA) is 30.5 Å². The summed E-state index contributed by atoms with van der Waals surface area (Å²) < 4.78 is 11.0. The van der Waals surface area contributed by atoms with Crippen LogP contribution in [0.1, 0.15) is 13.3 Å². The first-order valence-electron chi connectivity index (χ1n) is 5.56. The van der Waals surface area contributed by atoms with Gasteiger partial charge in [-0.2, -0.15) is 0 Å². The minimum absolute atomic E-state index is 0.375. The molecule has 1 unspecified atom stereocenters. The summed E-state index contributed by atoms with van der Waals surface area (Å²) in [5.74, 6) is 1.65. The lowest BCUT2D eigenvalue weighted by Crippen LogP contribution is -2.17. The van der Waals surface area contributed by atoms with Crippen LogP contribution in [0, 0.1) is 0 Å². The first kappa shape index (κ1) is 10.9. The monoisotopic (exact) mass is 219 g/mol. The molecule has 0 aliphatic carbocycles. The van der Waals surface area contributed by atoms with Crippen LogP contribution in [-0.4, -0.2) is 19.3 Å². The van der Waals surface area contributed by atoms with Crippen LogP contribution in [0.3, 0.4) is 0 Å². The second-order valence-electron chi connectivity index (χ2n) is 3.93. The zero-order valence-corrected chi connectivity index (χ0v) is 9.53. The summed E-state index contributed by atoms with van der Waals surface area (Å²) in [6.45, 7) is 7.11. The maximum absolute atomic E-state index is 5.52. The van der Waals surface area contributed by atoms with E-state index in [9.17, 15) is 0 Å². The fourth-order valence-electron chi connectivity index (χ4n) is 1.73. The van der Waals surface area contributed by atoms with Crippen molar-refractivity contribution in [2.45, 2.75) is 19.4 Å². The molecule has 0 aromatic heterocycles. The van der Waals surface area contributed by atoms with Gasteiger partial charge in [0.2, 0.25) is 0 Å². The standard InChI is InChI=1S/C13H17NO2/c1-3-4-10(2)14-11-5-6-12-13(9-11)16-8-7-15-12/h3,5-6,9-10,14H,1,4,7-8H2,2H3. The average Bonchev–Trinajstić information content (AvgIpc) is 2.29. The van der Waals surface area contributed by atoms with Gasteiger partial charge >= 0.3 is 0 Å². The van der Waals surface area contributed by atoms with Crippen molar-refractivity contribution in [3.63, 3.8) is 0 Å². The molecule has 0 radical (unpaired) electrons. The Morgan fingerprint density at radius 1 is 1.38 bits per heavy atom. The van der Waals surface area contributed by atoms with E-state index in [0.29, 0.717) is 19.3 Å². The molecule has 0 saturated carbocycles. The summed E-state index contributed by atoms with van der Waals surface area (Å²) in [7, 11) is 0. The Kier molecular flexibility index (Phi) is 3.34. The van der Waals surface area contributed by atoms with Crippen molar-refractivity contribution in [3.05, 3.63) is 30.9 Å². The van der Waals surface area contributed by atoms with Gasteiger partial charge in [-0.3, -0.25) is 0 Å². The van der Waals surface area contributed by atoms with Gasteiger partial charge in [0, 0.05) is 17.8 Å². The summed E-state index contributed by atoms with van der Waals surface area (Å²) in [6.07, 6.45) is 2.85. The number of ether oxygens (including phenoxy) is 2. The number of rotatable bonds is 4. The van der Waals surface area contributed by atoms with Crippen molar-refractivity contribution < 1.29 is 9.47 Å². The van der Waals surface area contributed by atoms with E-state index in [1.54, 1.807) is 0 Å². The second kappa shape index (κ2) is 4.92. The number of benzene rings is 1. The Hall–Kier alpha value is -1.64. The van der Waals surface area contributed by atoms with Crippen LogP contribution in [-0.2, 0) is 0 Å². The number of hydrogen-bond donors (Lipinski definition) is 1. The van der Waals surface area contributed by atoms with E-state index >= 15 is 0 Å². The van der Waals surface area contributed by atoms with Crippen molar-refractivity contribution in [1.29, 1.82) is 0 Å². The molecule has 86 valence electrons. The lowest BCUT2D eigenvalue weighted by molar-refractivity contribution is 0.171. The zero-order chi connectivity index (χ0) is 11.4. The van der Waals surface area contributed by atoms with Crippen molar-refractivity contribution in [3.8, 4) is 11.5 Å². The van der Waals surface area contributed by atoms with Crippen LogP contribution in [0.15, 0.2) is 30.9 Å². The van der Waals surface area contributed by atoms with Crippen molar-refractivity contribution in [2.75, 3.05) is 18.5 Å². The van der Waals surface area contributed by atoms with Crippen LogP contribution in [0.5, 0.6) is 11.5 Å². The van der Waals surface area contributed by atoms with Crippen molar-refractivity contribution in [1.82, 2.24) is 0 Å². The Morgan fingerprint density at radius 2 is 2.12 bits per heavy atom. The Morgan fingerprint density at radius 3 is 2.88 bits per heavy atom. The molecule has 0 fully saturated rings. The molecule has 0 bridgehead atoms. The van der Waals surface area contributed by atoms with Crippen LogP contribution in [0.25, 0.3) is 0 Å². The van der Waals surface area contributed by atoms with Crippen LogP contribution < -0.4 is 14.8 Å². The predicted molar refractivity (Wildman–Crippen MR) is 65.3 cm³/mol. The van der Waals surface area contributed by atoms with E-state index in [1.165, 1.54) is 0 Å². The minimum atomic E-state index is 0.375. The Labute approximate surface area is 96.1 Å². The van der Waals surface area contributed by atoms with E-state index in [0.717, 1.165) is 23.6 Å². The Bertz CT molecular complexity index is 376. The highest BCUT2D eigenvalue weighted by Crippen LogP contribution is 2.32. The largest absolute Gasteiger partial charge is 0.486 e. The molecule has 16 heavy (non-hydrogen) atoms. The smallest absolute Gasteiger partial charge is 0.163 e. The molecule has 3 nitrogen and oxygen atoms in total. The van der Waals surface area contributed by atoms with Crippen molar-refractivity contribution >= 4 is 5.69 Å². The molecule has 2 rings (SSSR count). The molecule has 0 amide bonds. The molecule has 1 atom stereocenters. The predicted octanol–water partition coefficient (Wildman–Crippen LogP) is 2.83. The number of anilines is 1. The Balaban J connectivity index is 2.08.